The highest BCUT2D eigenvalue weighted by molar-refractivity contribution is 5.86. The van der Waals surface area contributed by atoms with E-state index >= 15 is 0 Å². The maximum atomic E-state index is 12.5. The van der Waals surface area contributed by atoms with Gasteiger partial charge in [0.1, 0.15) is 0 Å². The van der Waals surface area contributed by atoms with E-state index in [1.165, 1.54) is 11.1 Å². The van der Waals surface area contributed by atoms with Crippen LogP contribution in [-0.2, 0) is 11.2 Å². The summed E-state index contributed by atoms with van der Waals surface area (Å²) in [7, 11) is 0. The van der Waals surface area contributed by atoms with Crippen LogP contribution in [-0.4, -0.2) is 24.0 Å². The summed E-state index contributed by atoms with van der Waals surface area (Å²) in [6.07, 6.45) is 3.79. The molecule has 2 N–H and O–H groups in total. The summed E-state index contributed by atoms with van der Waals surface area (Å²) in [4.78, 5) is 12.5. The van der Waals surface area contributed by atoms with Gasteiger partial charge < -0.3 is 10.6 Å². The molecule has 2 rings (SSSR count). The first-order chi connectivity index (χ1) is 9.57. The van der Waals surface area contributed by atoms with E-state index in [2.05, 4.69) is 55.7 Å². The molecule has 0 aromatic heterocycles. The molecular weight excluding hydrogens is 284 g/mol. The third-order valence-electron chi connectivity index (χ3n) is 4.45. The molecule has 1 heterocycles. The molecule has 1 amide bonds. The zero-order chi connectivity index (χ0) is 14.6. The second-order valence-corrected chi connectivity index (χ2v) is 5.97. The van der Waals surface area contributed by atoms with Crippen molar-refractivity contribution < 1.29 is 4.79 Å². The third kappa shape index (κ3) is 4.21. The summed E-state index contributed by atoms with van der Waals surface area (Å²) in [5.41, 5.74) is 2.27. The molecule has 118 valence electrons. The summed E-state index contributed by atoms with van der Waals surface area (Å²) in [5.74, 6) is 0.165. The van der Waals surface area contributed by atoms with Crippen molar-refractivity contribution in [1.29, 1.82) is 0 Å². The Bertz CT molecular complexity index is 470. The minimum atomic E-state index is -0.333. The van der Waals surface area contributed by atoms with Gasteiger partial charge in [-0.15, -0.1) is 12.4 Å². The normalized spacial score (nSPS) is 22.4. The summed E-state index contributed by atoms with van der Waals surface area (Å²) in [5, 5.41) is 6.58. The zero-order valence-electron chi connectivity index (χ0n) is 13.2. The van der Waals surface area contributed by atoms with E-state index in [4.69, 9.17) is 0 Å². The third-order valence-corrected chi connectivity index (χ3v) is 4.45. The number of benzene rings is 1. The van der Waals surface area contributed by atoms with Crippen molar-refractivity contribution in [2.75, 3.05) is 6.54 Å². The van der Waals surface area contributed by atoms with Gasteiger partial charge in [-0.05, 0) is 57.2 Å². The summed E-state index contributed by atoms with van der Waals surface area (Å²) in [6.45, 7) is 7.25. The molecule has 3 nitrogen and oxygen atoms in total. The lowest BCUT2D eigenvalue weighted by atomic mass is 9.92. The molecule has 2 unspecified atom stereocenters. The minimum absolute atomic E-state index is 0. The van der Waals surface area contributed by atoms with Crippen LogP contribution in [0, 0.1) is 6.92 Å². The molecule has 1 saturated heterocycles. The number of aryl methyl sites for hydroxylation is 1. The summed E-state index contributed by atoms with van der Waals surface area (Å²) >= 11 is 0. The minimum Gasteiger partial charge on any atom is -0.352 e. The largest absolute Gasteiger partial charge is 0.352 e. The molecule has 4 heteroatoms. The molecule has 0 bridgehead atoms. The van der Waals surface area contributed by atoms with Crippen LogP contribution in [0.4, 0.5) is 0 Å². The standard InChI is InChI=1S/C17H26N2O.ClH/c1-4-17(10-7-11-18-17)16(20)19-14(3)12-15-9-6-5-8-13(15)2;/h5-6,8-9,14,18H,4,7,10-12H2,1-3H3,(H,19,20);1H. The fourth-order valence-electron chi connectivity index (χ4n) is 3.04. The Morgan fingerprint density at radius 3 is 2.71 bits per heavy atom. The van der Waals surface area contributed by atoms with Crippen molar-refractivity contribution in [2.45, 2.75) is 58.0 Å². The van der Waals surface area contributed by atoms with Crippen molar-refractivity contribution in [3.8, 4) is 0 Å². The maximum absolute atomic E-state index is 12.5. The lowest BCUT2D eigenvalue weighted by molar-refractivity contribution is -0.127. The van der Waals surface area contributed by atoms with E-state index in [0.717, 1.165) is 32.2 Å². The highest BCUT2D eigenvalue weighted by Crippen LogP contribution is 2.23. The van der Waals surface area contributed by atoms with Crippen LogP contribution in [0.25, 0.3) is 0 Å². The first-order valence-electron chi connectivity index (χ1n) is 7.68. The molecule has 0 spiro atoms. The first kappa shape index (κ1) is 18.0. The van der Waals surface area contributed by atoms with Gasteiger partial charge in [0, 0.05) is 6.04 Å². The molecule has 2 atom stereocenters. The lowest BCUT2D eigenvalue weighted by Crippen LogP contribution is -2.55. The number of halogens is 1. The quantitative estimate of drug-likeness (QED) is 0.878. The van der Waals surface area contributed by atoms with E-state index in [1.54, 1.807) is 0 Å². The van der Waals surface area contributed by atoms with Crippen LogP contribution < -0.4 is 10.6 Å². The average molecular weight is 311 g/mol. The van der Waals surface area contributed by atoms with Gasteiger partial charge in [0.25, 0.3) is 0 Å². The van der Waals surface area contributed by atoms with E-state index in [1.807, 2.05) is 0 Å². The zero-order valence-corrected chi connectivity index (χ0v) is 14.1. The Morgan fingerprint density at radius 1 is 1.43 bits per heavy atom. The Kier molecular flexibility index (Phi) is 6.69. The van der Waals surface area contributed by atoms with Crippen LogP contribution in [0.15, 0.2) is 24.3 Å². The van der Waals surface area contributed by atoms with Crippen molar-refractivity contribution in [2.24, 2.45) is 0 Å². The molecule has 0 aliphatic carbocycles. The number of amides is 1. The lowest BCUT2D eigenvalue weighted by Gasteiger charge is -2.29. The Hall–Kier alpha value is -1.06. The topological polar surface area (TPSA) is 41.1 Å². The van der Waals surface area contributed by atoms with Crippen LogP contribution in [0.1, 0.15) is 44.2 Å². The van der Waals surface area contributed by atoms with Gasteiger partial charge >= 0.3 is 0 Å². The van der Waals surface area contributed by atoms with Crippen molar-refractivity contribution in [3.05, 3.63) is 35.4 Å². The predicted molar refractivity (Wildman–Crippen MR) is 90.0 cm³/mol. The molecule has 1 aromatic rings. The fraction of sp³-hybridized carbons (Fsp3) is 0.588. The van der Waals surface area contributed by atoms with Crippen molar-refractivity contribution in [3.63, 3.8) is 0 Å². The second-order valence-electron chi connectivity index (χ2n) is 5.97. The number of rotatable bonds is 5. The fourth-order valence-corrected chi connectivity index (χ4v) is 3.04. The number of hydrogen-bond donors (Lipinski definition) is 2. The van der Waals surface area contributed by atoms with Crippen LogP contribution in [0.5, 0.6) is 0 Å². The average Bonchev–Trinajstić information content (AvgIpc) is 2.91. The van der Waals surface area contributed by atoms with Gasteiger partial charge in [-0.25, -0.2) is 0 Å². The highest BCUT2D eigenvalue weighted by atomic mass is 35.5. The van der Waals surface area contributed by atoms with E-state index in [-0.39, 0.29) is 29.9 Å². The van der Waals surface area contributed by atoms with E-state index in [0.29, 0.717) is 0 Å². The number of hydrogen-bond acceptors (Lipinski definition) is 2. The molecule has 0 saturated carbocycles. The van der Waals surface area contributed by atoms with Gasteiger partial charge in [-0.1, -0.05) is 31.2 Å². The Morgan fingerprint density at radius 2 is 2.14 bits per heavy atom. The molecule has 0 radical (unpaired) electrons. The predicted octanol–water partition coefficient (Wildman–Crippen LogP) is 3.00. The molecule has 21 heavy (non-hydrogen) atoms. The Balaban J connectivity index is 0.00000220. The van der Waals surface area contributed by atoms with E-state index in [9.17, 15) is 4.79 Å². The summed E-state index contributed by atoms with van der Waals surface area (Å²) in [6, 6.07) is 8.53. The summed E-state index contributed by atoms with van der Waals surface area (Å²) < 4.78 is 0. The van der Waals surface area contributed by atoms with Crippen molar-refractivity contribution in [1.82, 2.24) is 10.6 Å². The molecule has 1 fully saturated rings. The van der Waals surface area contributed by atoms with Crippen LogP contribution in [0.3, 0.4) is 0 Å². The van der Waals surface area contributed by atoms with Gasteiger partial charge in [0.05, 0.1) is 5.54 Å². The molecule has 1 aromatic carbocycles. The van der Waals surface area contributed by atoms with Gasteiger partial charge in [0.2, 0.25) is 5.91 Å². The first-order valence-corrected chi connectivity index (χ1v) is 7.68. The number of carbonyl (C=O) groups is 1. The van der Waals surface area contributed by atoms with Gasteiger partial charge in [-0.2, -0.15) is 0 Å². The monoisotopic (exact) mass is 310 g/mol. The number of carbonyl (C=O) groups excluding carboxylic acids is 1. The maximum Gasteiger partial charge on any atom is 0.240 e. The van der Waals surface area contributed by atoms with Crippen molar-refractivity contribution >= 4 is 18.3 Å². The highest BCUT2D eigenvalue weighted by Gasteiger charge is 2.39. The number of nitrogens with one attached hydrogen (secondary N) is 2. The second kappa shape index (κ2) is 7.81. The van der Waals surface area contributed by atoms with Gasteiger partial charge in [0.15, 0.2) is 0 Å². The van der Waals surface area contributed by atoms with Gasteiger partial charge in [-0.3, -0.25) is 4.79 Å². The molecule has 1 aliphatic heterocycles. The molecular formula is C17H27ClN2O. The van der Waals surface area contributed by atoms with E-state index < -0.39 is 0 Å². The molecule has 1 aliphatic rings. The van der Waals surface area contributed by atoms with Crippen LogP contribution >= 0.6 is 12.4 Å². The Labute approximate surface area is 134 Å². The SMILES string of the molecule is CCC1(C(=O)NC(C)Cc2ccccc2C)CCCN1.Cl. The smallest absolute Gasteiger partial charge is 0.240 e. The van der Waals surface area contributed by atoms with Crippen LogP contribution in [0.2, 0.25) is 0 Å².